The van der Waals surface area contributed by atoms with Gasteiger partial charge < -0.3 is 0 Å². The summed E-state index contributed by atoms with van der Waals surface area (Å²) in [6, 6.07) is 60.1. The van der Waals surface area contributed by atoms with Gasteiger partial charge in [-0.3, -0.25) is 0 Å². The SMILES string of the molecule is CC1(C)c2cc(-c3ccc4ccccc4c3)ccc2-c2c1ccc1c3c(ccc21)C(C)(C)c1cc(-c2ccc4ccc5cccc6ccc2c4c56)ccc1-3. The summed E-state index contributed by atoms with van der Waals surface area (Å²) >= 11 is 0. The first-order valence-electron chi connectivity index (χ1n) is 19.3. The second-order valence-electron chi connectivity index (χ2n) is 16.9. The summed E-state index contributed by atoms with van der Waals surface area (Å²) in [7, 11) is 0. The quantitative estimate of drug-likeness (QED) is 0.159. The largest absolute Gasteiger partial charge is 0.0616 e. The molecule has 0 heterocycles. The van der Waals surface area contributed by atoms with Gasteiger partial charge in [0.15, 0.2) is 0 Å². The van der Waals surface area contributed by atoms with Crippen LogP contribution < -0.4 is 0 Å². The topological polar surface area (TPSA) is 0 Å². The summed E-state index contributed by atoms with van der Waals surface area (Å²) in [5.41, 5.74) is 16.1. The molecule has 0 amide bonds. The maximum Gasteiger partial charge on any atom is 0.0159 e. The lowest BCUT2D eigenvalue weighted by Gasteiger charge is -2.23. The highest BCUT2D eigenvalue weighted by Crippen LogP contribution is 2.57. The normalized spacial score (nSPS) is 15.0. The highest BCUT2D eigenvalue weighted by molar-refractivity contribution is 6.25. The number of hydrogen-bond donors (Lipinski definition) is 0. The summed E-state index contributed by atoms with van der Waals surface area (Å²) < 4.78 is 0. The third-order valence-corrected chi connectivity index (χ3v) is 13.4. The predicted octanol–water partition coefficient (Wildman–Crippen LogP) is 14.8. The molecule has 0 radical (unpaired) electrons. The van der Waals surface area contributed by atoms with Gasteiger partial charge in [0.25, 0.3) is 0 Å². The van der Waals surface area contributed by atoms with Crippen molar-refractivity contribution in [2.24, 2.45) is 0 Å². The van der Waals surface area contributed by atoms with Crippen LogP contribution in [0.3, 0.4) is 0 Å². The Balaban J connectivity index is 1.02. The van der Waals surface area contributed by atoms with E-state index in [1.807, 2.05) is 0 Å². The van der Waals surface area contributed by atoms with Crippen molar-refractivity contribution in [3.63, 3.8) is 0 Å². The second kappa shape index (κ2) is 10.2. The third kappa shape index (κ3) is 3.83. The fraction of sp³-hybridized carbons (Fsp3) is 0.111. The molecule has 0 fully saturated rings. The van der Waals surface area contributed by atoms with Crippen LogP contribution in [0.4, 0.5) is 0 Å². The molecule has 254 valence electrons. The van der Waals surface area contributed by atoms with Gasteiger partial charge in [-0.25, -0.2) is 0 Å². The van der Waals surface area contributed by atoms with Gasteiger partial charge in [-0.1, -0.05) is 167 Å². The molecular formula is C54H38. The molecule has 0 unspecified atom stereocenters. The molecule has 0 nitrogen and oxygen atoms in total. The van der Waals surface area contributed by atoms with E-state index in [-0.39, 0.29) is 10.8 Å². The van der Waals surface area contributed by atoms with Crippen molar-refractivity contribution in [3.05, 3.63) is 180 Å². The first-order chi connectivity index (χ1) is 26.3. The fourth-order valence-corrected chi connectivity index (χ4v) is 10.6. The van der Waals surface area contributed by atoms with Crippen LogP contribution in [0.1, 0.15) is 49.9 Å². The molecule has 2 aliphatic carbocycles. The predicted molar refractivity (Wildman–Crippen MR) is 231 cm³/mol. The Morgan fingerprint density at radius 2 is 0.759 bits per heavy atom. The van der Waals surface area contributed by atoms with Crippen molar-refractivity contribution < 1.29 is 0 Å². The molecular weight excluding hydrogens is 649 g/mol. The minimum atomic E-state index is -0.121. The van der Waals surface area contributed by atoms with E-state index in [9.17, 15) is 0 Å². The standard InChI is InChI=1S/C54H38/c1-53(2)45-26-24-42-41(51(45)43-22-18-37(29-47(43)53)36-15-12-31-8-5-6-9-35(31)28-36)25-27-46-52(42)44-23-19-38(30-48(44)54(46,3)4)39-20-16-34-14-13-32-10-7-11-33-17-21-40(39)50(34)49(32)33/h5-30H,1-4H3. The molecule has 0 aromatic heterocycles. The van der Waals surface area contributed by atoms with Crippen LogP contribution in [0, 0.1) is 0 Å². The Morgan fingerprint density at radius 1 is 0.296 bits per heavy atom. The van der Waals surface area contributed by atoms with Crippen LogP contribution >= 0.6 is 0 Å². The Morgan fingerprint density at radius 3 is 1.44 bits per heavy atom. The number of fused-ring (bicyclic) bond motifs is 10. The average molecular weight is 687 g/mol. The smallest absolute Gasteiger partial charge is 0.0159 e. The molecule has 2 aliphatic rings. The van der Waals surface area contributed by atoms with Crippen LogP contribution in [-0.2, 0) is 10.8 Å². The van der Waals surface area contributed by atoms with Crippen LogP contribution in [0.2, 0.25) is 0 Å². The molecule has 0 saturated heterocycles. The van der Waals surface area contributed by atoms with Crippen molar-refractivity contribution >= 4 is 53.9 Å². The monoisotopic (exact) mass is 686 g/mol. The summed E-state index contributed by atoms with van der Waals surface area (Å²) in [6.45, 7) is 9.63. The third-order valence-electron chi connectivity index (χ3n) is 13.4. The maximum absolute atomic E-state index is 2.49. The second-order valence-corrected chi connectivity index (χ2v) is 16.9. The summed E-state index contributed by atoms with van der Waals surface area (Å²) in [5, 5.41) is 13.3. The zero-order chi connectivity index (χ0) is 36.1. The van der Waals surface area contributed by atoms with E-state index in [2.05, 4.69) is 185 Å². The lowest BCUT2D eigenvalue weighted by Crippen LogP contribution is -2.15. The summed E-state index contributed by atoms with van der Waals surface area (Å²) in [5.74, 6) is 0. The molecule has 0 saturated carbocycles. The molecule has 10 aromatic carbocycles. The molecule has 0 aliphatic heterocycles. The van der Waals surface area contributed by atoms with Crippen molar-refractivity contribution in [2.45, 2.75) is 38.5 Å². The summed E-state index contributed by atoms with van der Waals surface area (Å²) in [4.78, 5) is 0. The van der Waals surface area contributed by atoms with Gasteiger partial charge in [-0.2, -0.15) is 0 Å². The van der Waals surface area contributed by atoms with Crippen LogP contribution in [-0.4, -0.2) is 0 Å². The summed E-state index contributed by atoms with van der Waals surface area (Å²) in [6.07, 6.45) is 0. The first kappa shape index (κ1) is 30.2. The van der Waals surface area contributed by atoms with Crippen LogP contribution in [0.5, 0.6) is 0 Å². The van der Waals surface area contributed by atoms with Gasteiger partial charge in [0, 0.05) is 10.8 Å². The average Bonchev–Trinajstić information content (AvgIpc) is 3.58. The minimum absolute atomic E-state index is 0.0997. The lowest BCUT2D eigenvalue weighted by molar-refractivity contribution is 0.660. The highest BCUT2D eigenvalue weighted by Gasteiger charge is 2.40. The lowest BCUT2D eigenvalue weighted by atomic mass is 9.80. The number of hydrogen-bond acceptors (Lipinski definition) is 0. The van der Waals surface area contributed by atoms with E-state index in [1.165, 1.54) is 121 Å². The number of rotatable bonds is 2. The van der Waals surface area contributed by atoms with Crippen LogP contribution in [0.15, 0.2) is 158 Å². The molecule has 12 rings (SSSR count). The molecule has 0 bridgehead atoms. The van der Waals surface area contributed by atoms with Crippen LogP contribution in [0.25, 0.3) is 98.4 Å². The minimum Gasteiger partial charge on any atom is -0.0616 e. The van der Waals surface area contributed by atoms with Gasteiger partial charge in [0.2, 0.25) is 0 Å². The van der Waals surface area contributed by atoms with Gasteiger partial charge in [-0.05, 0) is 139 Å². The van der Waals surface area contributed by atoms with Gasteiger partial charge >= 0.3 is 0 Å². The van der Waals surface area contributed by atoms with E-state index in [0.717, 1.165) is 0 Å². The van der Waals surface area contributed by atoms with Gasteiger partial charge in [-0.15, -0.1) is 0 Å². The van der Waals surface area contributed by atoms with E-state index in [4.69, 9.17) is 0 Å². The van der Waals surface area contributed by atoms with Gasteiger partial charge in [0.05, 0.1) is 0 Å². The Bertz CT molecular complexity index is 3240. The van der Waals surface area contributed by atoms with E-state index < -0.39 is 0 Å². The Kier molecular flexibility index (Phi) is 5.74. The number of benzene rings is 10. The molecule has 0 spiro atoms. The van der Waals surface area contributed by atoms with Gasteiger partial charge in [0.1, 0.15) is 0 Å². The first-order valence-corrected chi connectivity index (χ1v) is 19.3. The zero-order valence-electron chi connectivity index (χ0n) is 31.0. The van der Waals surface area contributed by atoms with Crippen molar-refractivity contribution in [1.29, 1.82) is 0 Å². The molecule has 10 aromatic rings. The Labute approximate surface area is 315 Å². The molecule has 54 heavy (non-hydrogen) atoms. The van der Waals surface area contributed by atoms with E-state index in [1.54, 1.807) is 0 Å². The molecule has 0 heteroatoms. The molecule has 0 N–H and O–H groups in total. The zero-order valence-corrected chi connectivity index (χ0v) is 31.0. The molecule has 0 atom stereocenters. The highest BCUT2D eigenvalue weighted by atomic mass is 14.4. The van der Waals surface area contributed by atoms with Crippen molar-refractivity contribution in [2.75, 3.05) is 0 Å². The fourth-order valence-electron chi connectivity index (χ4n) is 10.6. The Hall–Kier alpha value is -6.24. The van der Waals surface area contributed by atoms with E-state index >= 15 is 0 Å². The van der Waals surface area contributed by atoms with Crippen molar-refractivity contribution in [1.82, 2.24) is 0 Å². The maximum atomic E-state index is 2.49. The van der Waals surface area contributed by atoms with E-state index in [0.29, 0.717) is 0 Å². The van der Waals surface area contributed by atoms with Crippen molar-refractivity contribution in [3.8, 4) is 44.5 Å².